The van der Waals surface area contributed by atoms with Crippen molar-refractivity contribution < 1.29 is 9.53 Å². The lowest BCUT2D eigenvalue weighted by atomic mass is 10.1. The van der Waals surface area contributed by atoms with E-state index in [1.54, 1.807) is 6.92 Å². The summed E-state index contributed by atoms with van der Waals surface area (Å²) >= 11 is 0. The van der Waals surface area contributed by atoms with E-state index in [4.69, 9.17) is 4.74 Å². The summed E-state index contributed by atoms with van der Waals surface area (Å²) in [5, 5.41) is 8.23. The molecule has 1 aliphatic heterocycles. The second-order valence-electron chi connectivity index (χ2n) is 5.98. The average molecular weight is 294 g/mol. The standard InChI is InChI=1S/C15H26N4O2/c1-4-21-15(20)14-13(11-12(2)3)19(17-16-14)10-9-18-7-5-6-8-18/h12H,4-11H2,1-3H3. The van der Waals surface area contributed by atoms with Crippen molar-refractivity contribution in [1.29, 1.82) is 0 Å². The number of carbonyl (C=O) groups excluding carboxylic acids is 1. The molecule has 2 rings (SSSR count). The van der Waals surface area contributed by atoms with E-state index in [-0.39, 0.29) is 5.97 Å². The summed E-state index contributed by atoms with van der Waals surface area (Å²) in [5.74, 6) is 0.0859. The van der Waals surface area contributed by atoms with Crippen LogP contribution in [0.1, 0.15) is 49.8 Å². The fourth-order valence-electron chi connectivity index (χ4n) is 2.70. The Labute approximate surface area is 126 Å². The van der Waals surface area contributed by atoms with Crippen molar-refractivity contribution in [3.8, 4) is 0 Å². The highest BCUT2D eigenvalue weighted by Crippen LogP contribution is 2.14. The van der Waals surface area contributed by atoms with Crippen LogP contribution < -0.4 is 0 Å². The van der Waals surface area contributed by atoms with Crippen molar-refractivity contribution in [3.05, 3.63) is 11.4 Å². The molecule has 1 aliphatic rings. The Hall–Kier alpha value is -1.43. The van der Waals surface area contributed by atoms with E-state index in [1.807, 2.05) is 4.68 Å². The lowest BCUT2D eigenvalue weighted by molar-refractivity contribution is 0.0517. The summed E-state index contributed by atoms with van der Waals surface area (Å²) in [7, 11) is 0. The van der Waals surface area contributed by atoms with Gasteiger partial charge in [-0.15, -0.1) is 5.10 Å². The van der Waals surface area contributed by atoms with Crippen LogP contribution in [0, 0.1) is 5.92 Å². The largest absolute Gasteiger partial charge is 0.461 e. The van der Waals surface area contributed by atoms with Crippen LogP contribution in [0.4, 0.5) is 0 Å². The molecule has 1 aromatic rings. The van der Waals surface area contributed by atoms with Crippen LogP contribution in [0.3, 0.4) is 0 Å². The molecule has 0 radical (unpaired) electrons. The van der Waals surface area contributed by atoms with Crippen LogP contribution >= 0.6 is 0 Å². The van der Waals surface area contributed by atoms with Crippen LogP contribution in [0.25, 0.3) is 0 Å². The summed E-state index contributed by atoms with van der Waals surface area (Å²) in [6, 6.07) is 0. The average Bonchev–Trinajstić information content (AvgIpc) is 3.05. The summed E-state index contributed by atoms with van der Waals surface area (Å²) in [5.41, 5.74) is 1.29. The Balaban J connectivity index is 2.09. The molecule has 0 unspecified atom stereocenters. The first-order valence-electron chi connectivity index (χ1n) is 7.93. The zero-order valence-corrected chi connectivity index (χ0v) is 13.3. The van der Waals surface area contributed by atoms with Crippen molar-refractivity contribution in [1.82, 2.24) is 19.9 Å². The second-order valence-corrected chi connectivity index (χ2v) is 5.98. The molecule has 1 fully saturated rings. The first kappa shape index (κ1) is 15.9. The normalized spacial score (nSPS) is 15.8. The van der Waals surface area contributed by atoms with Crippen LogP contribution in [0.2, 0.25) is 0 Å². The molecule has 1 saturated heterocycles. The lowest BCUT2D eigenvalue weighted by Crippen LogP contribution is -2.25. The van der Waals surface area contributed by atoms with Crippen molar-refractivity contribution in [2.75, 3.05) is 26.2 Å². The fraction of sp³-hybridized carbons (Fsp3) is 0.800. The Kier molecular flexibility index (Phi) is 5.73. The van der Waals surface area contributed by atoms with Crippen molar-refractivity contribution >= 4 is 5.97 Å². The minimum atomic E-state index is -0.361. The summed E-state index contributed by atoms with van der Waals surface area (Å²) in [6.07, 6.45) is 3.36. The van der Waals surface area contributed by atoms with E-state index in [2.05, 4.69) is 29.1 Å². The van der Waals surface area contributed by atoms with Crippen LogP contribution in [-0.4, -0.2) is 52.1 Å². The topological polar surface area (TPSA) is 60.2 Å². The van der Waals surface area contributed by atoms with Crippen LogP contribution in [-0.2, 0) is 17.7 Å². The zero-order chi connectivity index (χ0) is 15.2. The van der Waals surface area contributed by atoms with Crippen molar-refractivity contribution in [2.45, 2.75) is 46.6 Å². The molecule has 0 bridgehead atoms. The number of carbonyl (C=O) groups is 1. The quantitative estimate of drug-likeness (QED) is 0.717. The molecule has 0 spiro atoms. The number of likely N-dealkylation sites (tertiary alicyclic amines) is 1. The fourth-order valence-corrected chi connectivity index (χ4v) is 2.70. The molecular formula is C15H26N4O2. The van der Waals surface area contributed by atoms with Gasteiger partial charge in [0.1, 0.15) is 0 Å². The SMILES string of the molecule is CCOC(=O)c1nnn(CCN2CCCC2)c1CC(C)C. The highest BCUT2D eigenvalue weighted by atomic mass is 16.5. The van der Waals surface area contributed by atoms with Gasteiger partial charge in [0, 0.05) is 6.54 Å². The van der Waals surface area contributed by atoms with E-state index < -0.39 is 0 Å². The molecule has 21 heavy (non-hydrogen) atoms. The molecule has 0 atom stereocenters. The summed E-state index contributed by atoms with van der Waals surface area (Å²) < 4.78 is 6.96. The minimum absolute atomic E-state index is 0.361. The molecule has 0 saturated carbocycles. The first-order valence-corrected chi connectivity index (χ1v) is 7.93. The Bertz CT molecular complexity index is 464. The van der Waals surface area contributed by atoms with E-state index in [9.17, 15) is 4.79 Å². The van der Waals surface area contributed by atoms with E-state index in [0.717, 1.165) is 25.2 Å². The minimum Gasteiger partial charge on any atom is -0.461 e. The van der Waals surface area contributed by atoms with Crippen molar-refractivity contribution in [2.24, 2.45) is 5.92 Å². The predicted octanol–water partition coefficient (Wildman–Crippen LogP) is 1.75. The van der Waals surface area contributed by atoms with Gasteiger partial charge >= 0.3 is 5.97 Å². The molecule has 6 heteroatoms. The van der Waals surface area contributed by atoms with Gasteiger partial charge in [-0.2, -0.15) is 0 Å². The number of aromatic nitrogens is 3. The lowest BCUT2D eigenvalue weighted by Gasteiger charge is -2.15. The Morgan fingerprint density at radius 2 is 2.00 bits per heavy atom. The van der Waals surface area contributed by atoms with Gasteiger partial charge in [0.2, 0.25) is 0 Å². The van der Waals surface area contributed by atoms with Gasteiger partial charge in [-0.1, -0.05) is 19.1 Å². The van der Waals surface area contributed by atoms with E-state index >= 15 is 0 Å². The smallest absolute Gasteiger partial charge is 0.360 e. The maximum Gasteiger partial charge on any atom is 0.360 e. The molecule has 1 aromatic heterocycles. The van der Waals surface area contributed by atoms with Gasteiger partial charge in [-0.05, 0) is 45.2 Å². The number of esters is 1. The van der Waals surface area contributed by atoms with Crippen LogP contribution in [0.5, 0.6) is 0 Å². The third-order valence-electron chi connectivity index (χ3n) is 3.73. The number of nitrogens with zero attached hydrogens (tertiary/aromatic N) is 4. The number of rotatable bonds is 7. The zero-order valence-electron chi connectivity index (χ0n) is 13.3. The number of hydrogen-bond donors (Lipinski definition) is 0. The summed E-state index contributed by atoms with van der Waals surface area (Å²) in [6.45, 7) is 10.5. The number of hydrogen-bond acceptors (Lipinski definition) is 5. The maximum atomic E-state index is 12.0. The number of ether oxygens (including phenoxy) is 1. The molecule has 0 amide bonds. The second kappa shape index (κ2) is 7.54. The predicted molar refractivity (Wildman–Crippen MR) is 80.2 cm³/mol. The van der Waals surface area contributed by atoms with E-state index in [1.165, 1.54) is 25.9 Å². The first-order chi connectivity index (χ1) is 10.1. The molecule has 0 aliphatic carbocycles. The molecule has 6 nitrogen and oxygen atoms in total. The highest BCUT2D eigenvalue weighted by Gasteiger charge is 2.22. The van der Waals surface area contributed by atoms with Gasteiger partial charge in [0.15, 0.2) is 5.69 Å². The Morgan fingerprint density at radius 3 is 2.62 bits per heavy atom. The van der Waals surface area contributed by atoms with Crippen molar-refractivity contribution in [3.63, 3.8) is 0 Å². The van der Waals surface area contributed by atoms with Gasteiger partial charge in [-0.25, -0.2) is 9.48 Å². The van der Waals surface area contributed by atoms with Crippen LogP contribution in [0.15, 0.2) is 0 Å². The molecular weight excluding hydrogens is 268 g/mol. The molecule has 118 valence electrons. The Morgan fingerprint density at radius 1 is 1.29 bits per heavy atom. The third kappa shape index (κ3) is 4.27. The molecule has 0 N–H and O–H groups in total. The van der Waals surface area contributed by atoms with Gasteiger partial charge in [0.05, 0.1) is 18.8 Å². The van der Waals surface area contributed by atoms with Gasteiger partial charge < -0.3 is 9.64 Å². The molecule has 2 heterocycles. The third-order valence-corrected chi connectivity index (χ3v) is 3.73. The molecule has 0 aromatic carbocycles. The summed E-state index contributed by atoms with van der Waals surface area (Å²) in [4.78, 5) is 14.4. The van der Waals surface area contributed by atoms with Gasteiger partial charge in [0.25, 0.3) is 0 Å². The monoisotopic (exact) mass is 294 g/mol. The maximum absolute atomic E-state index is 12.0. The van der Waals surface area contributed by atoms with E-state index in [0.29, 0.717) is 18.2 Å². The van der Waals surface area contributed by atoms with Gasteiger partial charge in [-0.3, -0.25) is 0 Å². The highest BCUT2D eigenvalue weighted by molar-refractivity contribution is 5.88.